The molecule has 0 radical (unpaired) electrons. The van der Waals surface area contributed by atoms with Crippen LogP contribution in [0.15, 0.2) is 24.3 Å². The van der Waals surface area contributed by atoms with Crippen LogP contribution in [0.5, 0.6) is 5.75 Å². The maximum Gasteiger partial charge on any atom is 0.142 e. The quantitative estimate of drug-likeness (QED) is 0.725. The molecular formula is C10H15NO2S. The smallest absolute Gasteiger partial charge is 0.142 e. The van der Waals surface area contributed by atoms with Gasteiger partial charge in [0.1, 0.15) is 12.4 Å². The van der Waals surface area contributed by atoms with Crippen molar-refractivity contribution in [3.8, 4) is 5.75 Å². The summed E-state index contributed by atoms with van der Waals surface area (Å²) in [5.41, 5.74) is 6.27. The summed E-state index contributed by atoms with van der Waals surface area (Å²) in [5, 5.41) is 9.41. The molecule has 0 saturated carbocycles. The average Bonchev–Trinajstić information content (AvgIpc) is 2.17. The van der Waals surface area contributed by atoms with Crippen LogP contribution in [0.1, 0.15) is 0 Å². The van der Waals surface area contributed by atoms with E-state index in [-0.39, 0.29) is 6.61 Å². The summed E-state index contributed by atoms with van der Waals surface area (Å²) < 4.78 is 5.36. The minimum Gasteiger partial charge on any atom is -0.489 e. The number of hydrogen-bond donors (Lipinski definition) is 2. The van der Waals surface area contributed by atoms with Crippen LogP contribution in [-0.2, 0) is 0 Å². The van der Waals surface area contributed by atoms with Crippen molar-refractivity contribution < 1.29 is 9.84 Å². The Morgan fingerprint density at radius 2 is 2.21 bits per heavy atom. The molecule has 1 atom stereocenters. The van der Waals surface area contributed by atoms with Gasteiger partial charge in [0.05, 0.1) is 11.8 Å². The van der Waals surface area contributed by atoms with Crippen LogP contribution in [0.2, 0.25) is 0 Å². The number of anilines is 1. The van der Waals surface area contributed by atoms with E-state index in [1.807, 2.05) is 18.4 Å². The Hall–Kier alpha value is -0.870. The highest BCUT2D eigenvalue weighted by Crippen LogP contribution is 2.19. The average molecular weight is 213 g/mol. The van der Waals surface area contributed by atoms with Crippen LogP contribution < -0.4 is 10.5 Å². The molecule has 3 nitrogen and oxygen atoms in total. The van der Waals surface area contributed by atoms with Crippen molar-refractivity contribution in [3.05, 3.63) is 24.3 Å². The molecule has 0 aromatic heterocycles. The third-order valence-corrected chi connectivity index (χ3v) is 2.43. The van der Waals surface area contributed by atoms with E-state index in [1.165, 1.54) is 0 Å². The molecule has 0 bridgehead atoms. The van der Waals surface area contributed by atoms with Gasteiger partial charge >= 0.3 is 0 Å². The van der Waals surface area contributed by atoms with E-state index in [1.54, 1.807) is 23.9 Å². The van der Waals surface area contributed by atoms with Gasteiger partial charge < -0.3 is 15.6 Å². The van der Waals surface area contributed by atoms with Gasteiger partial charge in [0.2, 0.25) is 0 Å². The molecule has 0 amide bonds. The molecule has 0 saturated heterocycles. The number of aliphatic hydroxyl groups excluding tert-OH is 1. The largest absolute Gasteiger partial charge is 0.489 e. The lowest BCUT2D eigenvalue weighted by molar-refractivity contribution is 0.127. The molecule has 0 aliphatic heterocycles. The number of hydrogen-bond acceptors (Lipinski definition) is 4. The second-order valence-corrected chi connectivity index (χ2v) is 3.87. The molecule has 14 heavy (non-hydrogen) atoms. The molecule has 1 aromatic carbocycles. The SMILES string of the molecule is CSCC(O)COc1ccccc1N. The van der Waals surface area contributed by atoms with Crippen molar-refractivity contribution in [1.29, 1.82) is 0 Å². The van der Waals surface area contributed by atoms with Gasteiger partial charge in [0.25, 0.3) is 0 Å². The normalized spacial score (nSPS) is 12.4. The topological polar surface area (TPSA) is 55.5 Å². The van der Waals surface area contributed by atoms with Crippen molar-refractivity contribution in [3.63, 3.8) is 0 Å². The number of ether oxygens (including phenoxy) is 1. The van der Waals surface area contributed by atoms with Crippen molar-refractivity contribution in [2.75, 3.05) is 24.3 Å². The standard InChI is InChI=1S/C10H15NO2S/c1-14-7-8(12)6-13-10-5-3-2-4-9(10)11/h2-5,8,12H,6-7,11H2,1H3. The first-order valence-corrected chi connectivity index (χ1v) is 5.77. The van der Waals surface area contributed by atoms with Gasteiger partial charge in [-0.1, -0.05) is 12.1 Å². The predicted molar refractivity (Wildman–Crippen MR) is 60.7 cm³/mol. The number of rotatable bonds is 5. The lowest BCUT2D eigenvalue weighted by atomic mass is 10.3. The van der Waals surface area contributed by atoms with Gasteiger partial charge in [-0.25, -0.2) is 0 Å². The molecule has 4 heteroatoms. The number of benzene rings is 1. The highest BCUT2D eigenvalue weighted by atomic mass is 32.2. The van der Waals surface area contributed by atoms with E-state index in [0.717, 1.165) is 0 Å². The monoisotopic (exact) mass is 213 g/mol. The van der Waals surface area contributed by atoms with Crippen LogP contribution in [-0.4, -0.2) is 29.8 Å². The number of nitrogens with two attached hydrogens (primary N) is 1. The Labute approximate surface area is 88.3 Å². The molecule has 0 spiro atoms. The molecule has 1 aromatic rings. The lowest BCUT2D eigenvalue weighted by Gasteiger charge is -2.12. The maximum absolute atomic E-state index is 9.41. The minimum absolute atomic E-state index is 0.287. The van der Waals surface area contributed by atoms with Crippen molar-refractivity contribution >= 4 is 17.4 Å². The summed E-state index contributed by atoms with van der Waals surface area (Å²) in [7, 11) is 0. The second kappa shape index (κ2) is 5.78. The third-order valence-electron chi connectivity index (χ3n) is 1.71. The Kier molecular flexibility index (Phi) is 4.62. The first-order chi connectivity index (χ1) is 6.74. The molecule has 78 valence electrons. The first kappa shape index (κ1) is 11.2. The van der Waals surface area contributed by atoms with Crippen LogP contribution in [0.25, 0.3) is 0 Å². The van der Waals surface area contributed by atoms with Crippen molar-refractivity contribution in [2.24, 2.45) is 0 Å². The van der Waals surface area contributed by atoms with Gasteiger partial charge in [-0.2, -0.15) is 11.8 Å². The van der Waals surface area contributed by atoms with E-state index in [4.69, 9.17) is 10.5 Å². The van der Waals surface area contributed by atoms with E-state index < -0.39 is 6.10 Å². The summed E-state index contributed by atoms with van der Waals surface area (Å²) in [5.74, 6) is 1.31. The van der Waals surface area contributed by atoms with Gasteiger partial charge in [0.15, 0.2) is 0 Å². The fourth-order valence-corrected chi connectivity index (χ4v) is 1.52. The molecular weight excluding hydrogens is 198 g/mol. The molecule has 0 aliphatic carbocycles. The zero-order valence-corrected chi connectivity index (χ0v) is 8.96. The van der Waals surface area contributed by atoms with Gasteiger partial charge in [-0.05, 0) is 18.4 Å². The second-order valence-electron chi connectivity index (χ2n) is 2.96. The summed E-state index contributed by atoms with van der Waals surface area (Å²) >= 11 is 1.59. The van der Waals surface area contributed by atoms with Crippen molar-refractivity contribution in [1.82, 2.24) is 0 Å². The number of para-hydroxylation sites is 2. The Morgan fingerprint density at radius 3 is 2.86 bits per heavy atom. The highest BCUT2D eigenvalue weighted by molar-refractivity contribution is 7.98. The van der Waals surface area contributed by atoms with Crippen LogP contribution in [0, 0.1) is 0 Å². The van der Waals surface area contributed by atoms with Crippen LogP contribution in [0.3, 0.4) is 0 Å². The zero-order chi connectivity index (χ0) is 10.4. The highest BCUT2D eigenvalue weighted by Gasteiger charge is 2.05. The number of aliphatic hydroxyl groups is 1. The Morgan fingerprint density at radius 1 is 1.50 bits per heavy atom. The maximum atomic E-state index is 9.41. The molecule has 0 fully saturated rings. The Bertz CT molecular complexity index is 281. The lowest BCUT2D eigenvalue weighted by Crippen LogP contribution is -2.20. The predicted octanol–water partition coefficient (Wildman–Crippen LogP) is 1.37. The summed E-state index contributed by atoms with van der Waals surface area (Å²) in [6.45, 7) is 0.287. The van der Waals surface area contributed by atoms with E-state index in [0.29, 0.717) is 17.2 Å². The van der Waals surface area contributed by atoms with Crippen LogP contribution >= 0.6 is 11.8 Å². The summed E-state index contributed by atoms with van der Waals surface area (Å²) in [6, 6.07) is 7.27. The van der Waals surface area contributed by atoms with Crippen LogP contribution in [0.4, 0.5) is 5.69 Å². The molecule has 1 unspecified atom stereocenters. The van der Waals surface area contributed by atoms with E-state index in [2.05, 4.69) is 0 Å². The molecule has 0 aliphatic rings. The van der Waals surface area contributed by atoms with Gasteiger partial charge in [-0.15, -0.1) is 0 Å². The minimum atomic E-state index is -0.440. The molecule has 0 heterocycles. The van der Waals surface area contributed by atoms with E-state index in [9.17, 15) is 5.11 Å². The first-order valence-electron chi connectivity index (χ1n) is 4.38. The Balaban J connectivity index is 2.41. The van der Waals surface area contributed by atoms with Gasteiger partial charge in [0, 0.05) is 5.75 Å². The molecule has 3 N–H and O–H groups in total. The summed E-state index contributed by atoms with van der Waals surface area (Å²) in [4.78, 5) is 0. The van der Waals surface area contributed by atoms with Gasteiger partial charge in [-0.3, -0.25) is 0 Å². The molecule has 1 rings (SSSR count). The van der Waals surface area contributed by atoms with Crippen molar-refractivity contribution in [2.45, 2.75) is 6.10 Å². The fraction of sp³-hybridized carbons (Fsp3) is 0.400. The third kappa shape index (κ3) is 3.47. The zero-order valence-electron chi connectivity index (χ0n) is 8.14. The summed E-state index contributed by atoms with van der Waals surface area (Å²) in [6.07, 6.45) is 1.50. The fourth-order valence-electron chi connectivity index (χ4n) is 1.04. The number of nitrogen functional groups attached to an aromatic ring is 1. The number of thioether (sulfide) groups is 1. The van der Waals surface area contributed by atoms with E-state index >= 15 is 0 Å².